The zero-order valence-electron chi connectivity index (χ0n) is 30.8. The molecule has 0 N–H and O–H groups in total. The summed E-state index contributed by atoms with van der Waals surface area (Å²) in [7, 11) is 0. The second kappa shape index (κ2) is 11.9. The Morgan fingerprint density at radius 2 is 1.35 bits per heavy atom. The van der Waals surface area contributed by atoms with Gasteiger partial charge in [0, 0.05) is 27.8 Å². The average Bonchev–Trinajstić information content (AvgIpc) is 3.73. The lowest BCUT2D eigenvalue weighted by atomic mass is 9.88. The quantitative estimate of drug-likeness (QED) is 0.182. The van der Waals surface area contributed by atoms with Crippen molar-refractivity contribution in [3.8, 4) is 28.2 Å². The summed E-state index contributed by atoms with van der Waals surface area (Å²) in [5, 5.41) is 5.38. The standard InChI is InChI=1S/C47H42N4O/c1-27(2)36-24-32(29-14-9-8-10-15-29)25-37(28(3)4)42(36)51-43-33-17-12-11-16-30(33)20-22-38(43)49-45(51)35-19-13-18-34-40-39(52-44(34)35)23-21-31-26-48-46(47(5,6)7)50-41(31)40/h8-28H,1-7H3. The van der Waals surface area contributed by atoms with Gasteiger partial charge in [-0.25, -0.2) is 15.0 Å². The predicted octanol–water partition coefficient (Wildman–Crippen LogP) is 12.9. The third-order valence-electron chi connectivity index (χ3n) is 10.4. The summed E-state index contributed by atoms with van der Waals surface area (Å²) in [5.74, 6) is 2.18. The smallest absolute Gasteiger partial charge is 0.149 e. The molecule has 0 aliphatic carbocycles. The third kappa shape index (κ3) is 5.02. The van der Waals surface area contributed by atoms with Gasteiger partial charge in [-0.15, -0.1) is 0 Å². The van der Waals surface area contributed by atoms with Crippen molar-refractivity contribution in [1.82, 2.24) is 19.5 Å². The van der Waals surface area contributed by atoms with Crippen molar-refractivity contribution >= 4 is 54.6 Å². The molecule has 0 atom stereocenters. The maximum atomic E-state index is 6.86. The van der Waals surface area contributed by atoms with Crippen LogP contribution in [-0.2, 0) is 5.41 Å². The van der Waals surface area contributed by atoms with Gasteiger partial charge >= 0.3 is 0 Å². The molecule has 9 rings (SSSR count). The van der Waals surface area contributed by atoms with Crippen LogP contribution < -0.4 is 0 Å². The summed E-state index contributed by atoms with van der Waals surface area (Å²) in [6, 6.07) is 39.1. The maximum absolute atomic E-state index is 6.86. The molecule has 0 spiro atoms. The zero-order chi connectivity index (χ0) is 35.9. The molecule has 9 aromatic rings. The lowest BCUT2D eigenvalue weighted by Crippen LogP contribution is -2.15. The summed E-state index contributed by atoms with van der Waals surface area (Å²) < 4.78 is 9.31. The van der Waals surface area contributed by atoms with Gasteiger partial charge in [0.2, 0.25) is 0 Å². The number of imidazole rings is 1. The topological polar surface area (TPSA) is 56.7 Å². The minimum Gasteiger partial charge on any atom is -0.455 e. The summed E-state index contributed by atoms with van der Waals surface area (Å²) in [5.41, 5.74) is 11.5. The van der Waals surface area contributed by atoms with Crippen LogP contribution in [0.4, 0.5) is 0 Å². The molecule has 0 saturated carbocycles. The molecule has 5 heteroatoms. The number of aromatic nitrogens is 4. The molecule has 0 radical (unpaired) electrons. The van der Waals surface area contributed by atoms with Gasteiger partial charge in [0.25, 0.3) is 0 Å². The fourth-order valence-corrected chi connectivity index (χ4v) is 7.77. The fraction of sp³-hybridized carbons (Fsp3) is 0.213. The number of hydrogen-bond donors (Lipinski definition) is 0. The summed E-state index contributed by atoms with van der Waals surface area (Å²) in [4.78, 5) is 15.4. The first-order valence-corrected chi connectivity index (χ1v) is 18.3. The summed E-state index contributed by atoms with van der Waals surface area (Å²) in [6.07, 6.45) is 1.94. The van der Waals surface area contributed by atoms with Gasteiger partial charge in [0.15, 0.2) is 0 Å². The van der Waals surface area contributed by atoms with Gasteiger partial charge in [-0.3, -0.25) is 4.57 Å². The number of benzene rings is 6. The Hall–Kier alpha value is -5.81. The van der Waals surface area contributed by atoms with Crippen molar-refractivity contribution in [2.45, 2.75) is 65.7 Å². The average molecular weight is 679 g/mol. The molecule has 0 fully saturated rings. The van der Waals surface area contributed by atoms with Crippen LogP contribution in [0.1, 0.15) is 77.3 Å². The van der Waals surface area contributed by atoms with Crippen LogP contribution in [0.2, 0.25) is 0 Å². The van der Waals surface area contributed by atoms with E-state index < -0.39 is 0 Å². The molecule has 0 aliphatic heterocycles. The maximum Gasteiger partial charge on any atom is 0.149 e. The van der Waals surface area contributed by atoms with Crippen molar-refractivity contribution in [1.29, 1.82) is 0 Å². The van der Waals surface area contributed by atoms with E-state index in [-0.39, 0.29) is 17.3 Å². The number of furan rings is 1. The van der Waals surface area contributed by atoms with Gasteiger partial charge in [0.05, 0.1) is 33.2 Å². The number of hydrogen-bond acceptors (Lipinski definition) is 4. The van der Waals surface area contributed by atoms with Gasteiger partial charge in [-0.2, -0.15) is 0 Å². The number of fused-ring (bicyclic) bond motifs is 8. The monoisotopic (exact) mass is 678 g/mol. The van der Waals surface area contributed by atoms with Crippen molar-refractivity contribution in [2.75, 3.05) is 0 Å². The van der Waals surface area contributed by atoms with Crippen molar-refractivity contribution < 1.29 is 4.42 Å². The lowest BCUT2D eigenvalue weighted by Gasteiger charge is -2.24. The van der Waals surface area contributed by atoms with E-state index in [0.717, 1.165) is 61.1 Å². The number of nitrogens with zero attached hydrogens (tertiary/aromatic N) is 4. The van der Waals surface area contributed by atoms with E-state index in [9.17, 15) is 0 Å². The van der Waals surface area contributed by atoms with Crippen molar-refractivity contribution in [3.63, 3.8) is 0 Å². The highest BCUT2D eigenvalue weighted by atomic mass is 16.3. The molecule has 3 heterocycles. The van der Waals surface area contributed by atoms with Crippen LogP contribution in [-0.4, -0.2) is 19.5 Å². The first-order valence-electron chi connectivity index (χ1n) is 18.3. The van der Waals surface area contributed by atoms with E-state index in [4.69, 9.17) is 19.4 Å². The molecule has 0 unspecified atom stereocenters. The molecule has 5 nitrogen and oxygen atoms in total. The fourth-order valence-electron chi connectivity index (χ4n) is 7.77. The molecule has 3 aromatic heterocycles. The number of rotatable bonds is 5. The summed E-state index contributed by atoms with van der Waals surface area (Å²) in [6.45, 7) is 15.6. The molecule has 6 aromatic carbocycles. The zero-order valence-corrected chi connectivity index (χ0v) is 30.8. The van der Waals surface area contributed by atoms with Crippen LogP contribution >= 0.6 is 0 Å². The third-order valence-corrected chi connectivity index (χ3v) is 10.4. The molecular weight excluding hydrogens is 637 g/mol. The van der Waals surface area contributed by atoms with Crippen LogP contribution in [0.25, 0.3) is 82.8 Å². The molecular formula is C47H42N4O. The van der Waals surface area contributed by atoms with E-state index >= 15 is 0 Å². The van der Waals surface area contributed by atoms with Crippen LogP contribution in [0.15, 0.2) is 120 Å². The summed E-state index contributed by atoms with van der Waals surface area (Å²) >= 11 is 0. The van der Waals surface area contributed by atoms with E-state index in [1.165, 1.54) is 38.7 Å². The molecule has 52 heavy (non-hydrogen) atoms. The highest BCUT2D eigenvalue weighted by Gasteiger charge is 2.27. The lowest BCUT2D eigenvalue weighted by molar-refractivity contribution is 0.548. The Morgan fingerprint density at radius 3 is 2.08 bits per heavy atom. The van der Waals surface area contributed by atoms with E-state index in [1.807, 2.05) is 12.3 Å². The second-order valence-electron chi connectivity index (χ2n) is 15.7. The first kappa shape index (κ1) is 32.1. The predicted molar refractivity (Wildman–Crippen MR) is 217 cm³/mol. The Labute approximate surface area is 304 Å². The van der Waals surface area contributed by atoms with E-state index in [0.29, 0.717) is 0 Å². The van der Waals surface area contributed by atoms with Gasteiger partial charge in [-0.1, -0.05) is 121 Å². The van der Waals surface area contributed by atoms with E-state index in [2.05, 4.69) is 156 Å². The molecule has 0 saturated heterocycles. The largest absolute Gasteiger partial charge is 0.455 e. The molecule has 256 valence electrons. The van der Waals surface area contributed by atoms with Crippen LogP contribution in [0.5, 0.6) is 0 Å². The normalized spacial score (nSPS) is 12.5. The Morgan fingerprint density at radius 1 is 0.654 bits per heavy atom. The molecule has 0 bridgehead atoms. The molecule has 0 amide bonds. The van der Waals surface area contributed by atoms with Crippen molar-refractivity contribution in [3.05, 3.63) is 132 Å². The Balaban J connectivity index is 1.42. The van der Waals surface area contributed by atoms with Gasteiger partial charge in [-0.05, 0) is 75.9 Å². The van der Waals surface area contributed by atoms with Crippen LogP contribution in [0, 0.1) is 0 Å². The second-order valence-corrected chi connectivity index (χ2v) is 15.7. The Kier molecular flexibility index (Phi) is 7.34. The van der Waals surface area contributed by atoms with Crippen molar-refractivity contribution in [2.24, 2.45) is 0 Å². The first-order chi connectivity index (χ1) is 25.1. The van der Waals surface area contributed by atoms with E-state index in [1.54, 1.807) is 0 Å². The molecule has 0 aliphatic rings. The Bertz CT molecular complexity index is 2800. The SMILES string of the molecule is CC(C)c1cc(-c2ccccc2)cc(C(C)C)c1-n1c(-c2cccc3c2oc2ccc4cnc(C(C)(C)C)nc4c23)nc2ccc3ccccc3c21. The number of para-hydroxylation sites is 1. The minimum absolute atomic E-state index is 0.188. The minimum atomic E-state index is -0.188. The van der Waals surface area contributed by atoms with Crippen LogP contribution in [0.3, 0.4) is 0 Å². The highest BCUT2D eigenvalue weighted by molar-refractivity contribution is 6.19. The van der Waals surface area contributed by atoms with Gasteiger partial charge < -0.3 is 4.42 Å². The van der Waals surface area contributed by atoms with Gasteiger partial charge in [0.1, 0.15) is 22.8 Å². The highest BCUT2D eigenvalue weighted by Crippen LogP contribution is 2.44.